The first-order valence-electron chi connectivity index (χ1n) is 2.78. The molecule has 0 rings (SSSR count). The number of alkyl halides is 3. The summed E-state index contributed by atoms with van der Waals surface area (Å²) in [5, 5.41) is 8.09. The van der Waals surface area contributed by atoms with Gasteiger partial charge in [-0.15, -0.1) is 0 Å². The minimum absolute atomic E-state index is 0.540. The number of rotatable bonds is 1. The van der Waals surface area contributed by atoms with E-state index in [2.05, 4.69) is 0 Å². The largest absolute Gasteiger partial charge is 0.419 e. The molecule has 4 N–H and O–H groups in total. The molecule has 0 heterocycles. The predicted octanol–water partition coefficient (Wildman–Crippen LogP) is 0.757. The van der Waals surface area contributed by atoms with Crippen LogP contribution in [0.1, 0.15) is 0 Å². The highest BCUT2D eigenvalue weighted by Gasteiger charge is 2.34. The molecule has 0 aliphatic heterocycles. The van der Waals surface area contributed by atoms with Gasteiger partial charge in [0, 0.05) is 0 Å². The molecule has 0 amide bonds. The van der Waals surface area contributed by atoms with E-state index in [1.165, 1.54) is 6.07 Å². The monoisotopic (exact) mass is 177 g/mol. The van der Waals surface area contributed by atoms with Crippen molar-refractivity contribution in [2.75, 3.05) is 0 Å². The second-order valence-electron chi connectivity index (χ2n) is 1.80. The zero-order chi connectivity index (χ0) is 9.78. The van der Waals surface area contributed by atoms with Crippen molar-refractivity contribution in [3.63, 3.8) is 0 Å². The number of hydrogen-bond donors (Lipinski definition) is 2. The van der Waals surface area contributed by atoms with Gasteiger partial charge in [-0.2, -0.15) is 18.4 Å². The highest BCUT2D eigenvalue weighted by atomic mass is 19.4. The van der Waals surface area contributed by atoms with Crippen LogP contribution in [0.3, 0.4) is 0 Å². The highest BCUT2D eigenvalue weighted by molar-refractivity contribution is 5.35. The van der Waals surface area contributed by atoms with Crippen LogP contribution in [-0.2, 0) is 0 Å². The van der Waals surface area contributed by atoms with Gasteiger partial charge >= 0.3 is 6.18 Å². The van der Waals surface area contributed by atoms with Crippen molar-refractivity contribution in [1.29, 1.82) is 5.26 Å². The molecule has 0 saturated carbocycles. The van der Waals surface area contributed by atoms with Gasteiger partial charge in [0.05, 0.1) is 5.57 Å². The molecule has 0 bridgehead atoms. The van der Waals surface area contributed by atoms with E-state index in [0.717, 1.165) is 0 Å². The smallest absolute Gasteiger partial charge is 0.405 e. The van der Waals surface area contributed by atoms with Crippen LogP contribution in [0.5, 0.6) is 0 Å². The average Bonchev–Trinajstić information content (AvgIpc) is 1.96. The Kier molecular flexibility index (Phi) is 3.16. The van der Waals surface area contributed by atoms with Crippen LogP contribution in [0.25, 0.3) is 0 Å². The molecule has 0 aliphatic rings. The SMILES string of the molecule is N#C/C(N)=C(/C=C\N)C(F)(F)F. The maximum Gasteiger partial charge on any atom is 0.419 e. The molecule has 0 aliphatic carbocycles. The zero-order valence-electron chi connectivity index (χ0n) is 5.89. The molecule has 0 fully saturated rings. The van der Waals surface area contributed by atoms with E-state index in [4.69, 9.17) is 16.7 Å². The van der Waals surface area contributed by atoms with E-state index in [0.29, 0.717) is 12.3 Å². The summed E-state index contributed by atoms with van der Waals surface area (Å²) in [7, 11) is 0. The Labute approximate surface area is 66.8 Å². The minimum atomic E-state index is -4.64. The van der Waals surface area contributed by atoms with Crippen LogP contribution in [-0.4, -0.2) is 6.18 Å². The predicted molar refractivity (Wildman–Crippen MR) is 36.2 cm³/mol. The lowest BCUT2D eigenvalue weighted by Crippen LogP contribution is -2.16. The maximum absolute atomic E-state index is 11.9. The maximum atomic E-state index is 11.9. The Hall–Kier alpha value is -1.64. The Bertz CT molecular complexity index is 256. The molecular weight excluding hydrogens is 171 g/mol. The third-order valence-corrected chi connectivity index (χ3v) is 0.979. The van der Waals surface area contributed by atoms with Gasteiger partial charge in [0.1, 0.15) is 11.8 Å². The van der Waals surface area contributed by atoms with Crippen molar-refractivity contribution in [2.45, 2.75) is 6.18 Å². The van der Waals surface area contributed by atoms with E-state index < -0.39 is 17.4 Å². The van der Waals surface area contributed by atoms with Crippen molar-refractivity contribution in [2.24, 2.45) is 11.5 Å². The van der Waals surface area contributed by atoms with Crippen molar-refractivity contribution in [3.8, 4) is 6.07 Å². The molecule has 0 unspecified atom stereocenters. The van der Waals surface area contributed by atoms with E-state index in [1.807, 2.05) is 0 Å². The van der Waals surface area contributed by atoms with Gasteiger partial charge in [-0.1, -0.05) is 0 Å². The molecule has 0 aromatic carbocycles. The summed E-state index contributed by atoms with van der Waals surface area (Å²) < 4.78 is 35.8. The third-order valence-electron chi connectivity index (χ3n) is 0.979. The van der Waals surface area contributed by atoms with Crippen molar-refractivity contribution in [3.05, 3.63) is 23.5 Å². The van der Waals surface area contributed by atoms with E-state index >= 15 is 0 Å². The van der Waals surface area contributed by atoms with Gasteiger partial charge in [0.25, 0.3) is 0 Å². The molecule has 12 heavy (non-hydrogen) atoms. The lowest BCUT2D eigenvalue weighted by molar-refractivity contribution is -0.0888. The minimum Gasteiger partial charge on any atom is -0.405 e. The number of nitriles is 1. The van der Waals surface area contributed by atoms with Crippen molar-refractivity contribution < 1.29 is 13.2 Å². The Morgan fingerprint density at radius 2 is 1.92 bits per heavy atom. The summed E-state index contributed by atoms with van der Waals surface area (Å²) in [6, 6.07) is 1.19. The van der Waals surface area contributed by atoms with E-state index in [-0.39, 0.29) is 0 Å². The third kappa shape index (κ3) is 2.54. The summed E-state index contributed by atoms with van der Waals surface area (Å²) in [5.41, 5.74) is 7.39. The van der Waals surface area contributed by atoms with Crippen LogP contribution in [0.4, 0.5) is 13.2 Å². The Morgan fingerprint density at radius 3 is 2.17 bits per heavy atom. The lowest BCUT2D eigenvalue weighted by Gasteiger charge is -2.06. The normalized spacial score (nSPS) is 14.2. The fourth-order valence-corrected chi connectivity index (χ4v) is 0.493. The topological polar surface area (TPSA) is 75.8 Å². The van der Waals surface area contributed by atoms with Gasteiger partial charge in [-0.05, 0) is 12.3 Å². The molecule has 0 aromatic rings. The number of hydrogen-bond acceptors (Lipinski definition) is 3. The molecule has 0 aromatic heterocycles. The quantitative estimate of drug-likeness (QED) is 0.458. The zero-order valence-corrected chi connectivity index (χ0v) is 5.89. The molecule has 6 heteroatoms. The lowest BCUT2D eigenvalue weighted by atomic mass is 10.2. The molecule has 0 radical (unpaired) electrons. The Morgan fingerprint density at radius 1 is 1.42 bits per heavy atom. The highest BCUT2D eigenvalue weighted by Crippen LogP contribution is 2.27. The molecule has 66 valence electrons. The molecule has 0 atom stereocenters. The van der Waals surface area contributed by atoms with Gasteiger partial charge in [0.2, 0.25) is 0 Å². The molecule has 0 saturated heterocycles. The molecule has 0 spiro atoms. The average molecular weight is 177 g/mol. The van der Waals surface area contributed by atoms with Crippen LogP contribution in [0.2, 0.25) is 0 Å². The second-order valence-corrected chi connectivity index (χ2v) is 1.80. The van der Waals surface area contributed by atoms with Crippen LogP contribution in [0, 0.1) is 11.3 Å². The van der Waals surface area contributed by atoms with Gasteiger partial charge in [-0.25, -0.2) is 0 Å². The fourth-order valence-electron chi connectivity index (χ4n) is 0.493. The van der Waals surface area contributed by atoms with Gasteiger partial charge in [-0.3, -0.25) is 0 Å². The molecule has 3 nitrogen and oxygen atoms in total. The standard InChI is InChI=1S/C6H6F3N3/c7-6(8,9)4(1-2-10)5(12)3-11/h1-2H,10,12H2/b2-1-,5-4+. The number of halogens is 3. The van der Waals surface area contributed by atoms with Crippen molar-refractivity contribution >= 4 is 0 Å². The number of nitrogens with zero attached hydrogens (tertiary/aromatic N) is 1. The fraction of sp³-hybridized carbons (Fsp3) is 0.167. The summed E-state index contributed by atoms with van der Waals surface area (Å²) in [6.45, 7) is 0. The molecular formula is C6H6F3N3. The number of nitrogens with two attached hydrogens (primary N) is 2. The van der Waals surface area contributed by atoms with Gasteiger partial charge < -0.3 is 11.5 Å². The summed E-state index contributed by atoms with van der Waals surface area (Å²) in [5.74, 6) is 0. The van der Waals surface area contributed by atoms with E-state index in [1.54, 1.807) is 0 Å². The first-order valence-corrected chi connectivity index (χ1v) is 2.78. The van der Waals surface area contributed by atoms with Crippen molar-refractivity contribution in [1.82, 2.24) is 0 Å². The second kappa shape index (κ2) is 3.67. The summed E-state index contributed by atoms with van der Waals surface area (Å²) in [4.78, 5) is 0. The number of allylic oxidation sites excluding steroid dienone is 3. The van der Waals surface area contributed by atoms with Crippen LogP contribution >= 0.6 is 0 Å². The first-order chi connectivity index (χ1) is 5.43. The van der Waals surface area contributed by atoms with E-state index in [9.17, 15) is 13.2 Å². The summed E-state index contributed by atoms with van der Waals surface area (Å²) in [6.07, 6.45) is -3.43. The first kappa shape index (κ1) is 10.4. The van der Waals surface area contributed by atoms with Gasteiger partial charge in [0.15, 0.2) is 0 Å². The van der Waals surface area contributed by atoms with Crippen LogP contribution in [0.15, 0.2) is 23.5 Å². The summed E-state index contributed by atoms with van der Waals surface area (Å²) >= 11 is 0. The Balaban J connectivity index is 5.10. The van der Waals surface area contributed by atoms with Crippen LogP contribution < -0.4 is 11.5 Å².